The number of hydrogen-bond donors (Lipinski definition) is 0. The minimum absolute atomic E-state index is 0.0139. The Morgan fingerprint density at radius 2 is 1.94 bits per heavy atom. The molecule has 1 heterocycles. The van der Waals surface area contributed by atoms with Crippen molar-refractivity contribution < 1.29 is 14.0 Å². The molecule has 0 saturated carbocycles. The summed E-state index contributed by atoms with van der Waals surface area (Å²) in [6.07, 6.45) is 0.0139. The van der Waals surface area contributed by atoms with E-state index in [4.69, 9.17) is 9.16 Å². The van der Waals surface area contributed by atoms with E-state index in [1.54, 1.807) is 0 Å². The van der Waals surface area contributed by atoms with Crippen LogP contribution >= 0.6 is 0 Å². The van der Waals surface area contributed by atoms with Crippen LogP contribution in [0.4, 0.5) is 0 Å². The van der Waals surface area contributed by atoms with Crippen molar-refractivity contribution in [1.29, 1.82) is 0 Å². The third-order valence-corrected chi connectivity index (χ3v) is 8.58. The maximum Gasteiger partial charge on any atom is 0.352 e. The molecule has 1 rings (SSSR count). The summed E-state index contributed by atoms with van der Waals surface area (Å²) in [4.78, 5) is 15.8. The van der Waals surface area contributed by atoms with E-state index >= 15 is 0 Å². The standard InChI is InChI=1S/C13H25NO3Si/c1-9-10(8-14-11(9)12(15)16-5)17-18(6,7)13(2,3)4/h9-10H,8H2,1-7H3/t9-,10+/m1/s1. The molecule has 1 aliphatic heterocycles. The zero-order valence-electron chi connectivity index (χ0n) is 12.5. The smallest absolute Gasteiger partial charge is 0.352 e. The molecule has 0 unspecified atom stereocenters. The topological polar surface area (TPSA) is 47.9 Å². The third-order valence-electron chi connectivity index (χ3n) is 4.08. The molecule has 0 saturated heterocycles. The summed E-state index contributed by atoms with van der Waals surface area (Å²) in [5, 5.41) is 0.167. The average Bonchev–Trinajstić information content (AvgIpc) is 2.57. The minimum Gasteiger partial charge on any atom is -0.465 e. The zero-order valence-corrected chi connectivity index (χ0v) is 13.5. The largest absolute Gasteiger partial charge is 0.465 e. The molecular formula is C13H25NO3Si. The van der Waals surface area contributed by atoms with Gasteiger partial charge in [-0.05, 0) is 18.1 Å². The van der Waals surface area contributed by atoms with Gasteiger partial charge in [-0.1, -0.05) is 27.7 Å². The fourth-order valence-corrected chi connectivity index (χ4v) is 3.11. The molecule has 4 nitrogen and oxygen atoms in total. The summed E-state index contributed by atoms with van der Waals surface area (Å²) in [5.41, 5.74) is 0.515. The molecule has 0 fully saturated rings. The van der Waals surface area contributed by atoms with E-state index in [1.807, 2.05) is 6.92 Å². The Labute approximate surface area is 111 Å². The fraction of sp³-hybridized carbons (Fsp3) is 0.846. The maximum absolute atomic E-state index is 11.5. The molecule has 0 aromatic carbocycles. The van der Waals surface area contributed by atoms with Crippen LogP contribution in [-0.2, 0) is 14.0 Å². The average molecular weight is 271 g/mol. The van der Waals surface area contributed by atoms with Gasteiger partial charge in [0.25, 0.3) is 0 Å². The van der Waals surface area contributed by atoms with E-state index in [9.17, 15) is 4.79 Å². The van der Waals surface area contributed by atoms with Crippen LogP contribution in [0.15, 0.2) is 4.99 Å². The van der Waals surface area contributed by atoms with E-state index in [0.717, 1.165) is 0 Å². The Hall–Kier alpha value is -0.683. The second-order valence-electron chi connectivity index (χ2n) is 6.42. The second kappa shape index (κ2) is 5.13. The lowest BCUT2D eigenvalue weighted by Crippen LogP contribution is -2.46. The van der Waals surface area contributed by atoms with Gasteiger partial charge in [0.2, 0.25) is 0 Å². The summed E-state index contributed by atoms with van der Waals surface area (Å²) in [6.45, 7) is 13.6. The monoisotopic (exact) mass is 271 g/mol. The van der Waals surface area contributed by atoms with Crippen LogP contribution in [0, 0.1) is 5.92 Å². The quantitative estimate of drug-likeness (QED) is 0.585. The van der Waals surface area contributed by atoms with Gasteiger partial charge < -0.3 is 9.16 Å². The molecule has 0 bridgehead atoms. The molecule has 1 aliphatic rings. The van der Waals surface area contributed by atoms with Gasteiger partial charge in [0.15, 0.2) is 8.32 Å². The Bertz CT molecular complexity index is 358. The highest BCUT2D eigenvalue weighted by atomic mass is 28.4. The number of hydrogen-bond acceptors (Lipinski definition) is 4. The van der Waals surface area contributed by atoms with Gasteiger partial charge in [-0.15, -0.1) is 0 Å². The van der Waals surface area contributed by atoms with Crippen molar-refractivity contribution >= 4 is 20.0 Å². The number of ether oxygens (including phenoxy) is 1. The molecule has 0 N–H and O–H groups in total. The number of nitrogens with zero attached hydrogens (tertiary/aromatic N) is 1. The van der Waals surface area contributed by atoms with E-state index in [1.165, 1.54) is 7.11 Å². The van der Waals surface area contributed by atoms with Gasteiger partial charge in [-0.25, -0.2) is 4.79 Å². The van der Waals surface area contributed by atoms with Gasteiger partial charge in [0.1, 0.15) is 5.71 Å². The normalized spacial score (nSPS) is 24.9. The summed E-state index contributed by atoms with van der Waals surface area (Å²) < 4.78 is 11.1. The molecule has 2 atom stereocenters. The van der Waals surface area contributed by atoms with Gasteiger partial charge in [-0.3, -0.25) is 4.99 Å². The van der Waals surface area contributed by atoms with E-state index in [0.29, 0.717) is 12.3 Å². The first-order valence-electron chi connectivity index (χ1n) is 6.40. The molecule has 0 aliphatic carbocycles. The van der Waals surface area contributed by atoms with Crippen LogP contribution in [0.5, 0.6) is 0 Å². The van der Waals surface area contributed by atoms with E-state index in [2.05, 4.69) is 38.9 Å². The molecule has 5 heteroatoms. The molecule has 0 spiro atoms. The van der Waals surface area contributed by atoms with Crippen LogP contribution in [-0.4, -0.2) is 39.8 Å². The van der Waals surface area contributed by atoms with Gasteiger partial charge in [-0.2, -0.15) is 0 Å². The first-order chi connectivity index (χ1) is 8.10. The van der Waals surface area contributed by atoms with Crippen molar-refractivity contribution in [2.24, 2.45) is 10.9 Å². The van der Waals surface area contributed by atoms with E-state index in [-0.39, 0.29) is 23.0 Å². The third kappa shape index (κ3) is 3.01. The summed E-state index contributed by atoms with van der Waals surface area (Å²) in [7, 11) is -0.423. The maximum atomic E-state index is 11.5. The van der Waals surface area contributed by atoms with Crippen molar-refractivity contribution in [3.8, 4) is 0 Å². The Morgan fingerprint density at radius 1 is 1.39 bits per heavy atom. The zero-order chi connectivity index (χ0) is 14.1. The first-order valence-corrected chi connectivity index (χ1v) is 9.31. The minimum atomic E-state index is -1.81. The van der Waals surface area contributed by atoms with Crippen molar-refractivity contribution in [2.45, 2.75) is 51.9 Å². The van der Waals surface area contributed by atoms with E-state index < -0.39 is 8.32 Å². The van der Waals surface area contributed by atoms with Crippen LogP contribution in [0.3, 0.4) is 0 Å². The van der Waals surface area contributed by atoms with Crippen molar-refractivity contribution in [3.63, 3.8) is 0 Å². The number of rotatable bonds is 3. The summed E-state index contributed by atoms with van der Waals surface area (Å²) >= 11 is 0. The molecule has 18 heavy (non-hydrogen) atoms. The van der Waals surface area contributed by atoms with Crippen molar-refractivity contribution in [3.05, 3.63) is 0 Å². The predicted octanol–water partition coefficient (Wildman–Crippen LogP) is 2.64. The molecule has 0 amide bonds. The number of methoxy groups -OCH3 is 1. The number of carbonyl (C=O) groups excluding carboxylic acids is 1. The molecule has 0 aromatic heterocycles. The van der Waals surface area contributed by atoms with Crippen molar-refractivity contribution in [2.75, 3.05) is 13.7 Å². The molecule has 0 aromatic rings. The lowest BCUT2D eigenvalue weighted by Gasteiger charge is -2.39. The number of aliphatic imine (C=N–C) groups is 1. The first kappa shape index (κ1) is 15.4. The SMILES string of the molecule is COC(=O)C1=NC[C@H](O[Si](C)(C)C(C)(C)C)[C@H]1C. The highest BCUT2D eigenvalue weighted by Gasteiger charge is 2.43. The lowest BCUT2D eigenvalue weighted by molar-refractivity contribution is -0.133. The van der Waals surface area contributed by atoms with Crippen LogP contribution in [0.25, 0.3) is 0 Å². The highest BCUT2D eigenvalue weighted by Crippen LogP contribution is 2.38. The Kier molecular flexibility index (Phi) is 4.38. The molecular weight excluding hydrogens is 246 g/mol. The number of carbonyl (C=O) groups is 1. The highest BCUT2D eigenvalue weighted by molar-refractivity contribution is 6.74. The Balaban J connectivity index is 2.72. The van der Waals surface area contributed by atoms with Gasteiger partial charge in [0.05, 0.1) is 19.8 Å². The fourth-order valence-electron chi connectivity index (χ4n) is 1.72. The second-order valence-corrected chi connectivity index (χ2v) is 11.2. The van der Waals surface area contributed by atoms with Crippen LogP contribution in [0.2, 0.25) is 18.1 Å². The summed E-state index contributed by atoms with van der Waals surface area (Å²) in [6, 6.07) is 0. The van der Waals surface area contributed by atoms with Gasteiger partial charge in [0, 0.05) is 5.92 Å². The van der Waals surface area contributed by atoms with Crippen LogP contribution in [0.1, 0.15) is 27.7 Å². The van der Waals surface area contributed by atoms with Crippen molar-refractivity contribution in [1.82, 2.24) is 0 Å². The summed E-state index contributed by atoms with van der Waals surface area (Å²) in [5.74, 6) is -0.310. The predicted molar refractivity (Wildman–Crippen MR) is 75.6 cm³/mol. The van der Waals surface area contributed by atoms with Crippen LogP contribution < -0.4 is 0 Å². The number of esters is 1. The molecule has 0 radical (unpaired) electrons. The Morgan fingerprint density at radius 3 is 2.39 bits per heavy atom. The molecule has 104 valence electrons. The van der Waals surface area contributed by atoms with Gasteiger partial charge >= 0.3 is 5.97 Å². The lowest BCUT2D eigenvalue weighted by atomic mass is 10.0.